The minimum absolute atomic E-state index is 0.292. The van der Waals surface area contributed by atoms with Gasteiger partial charge in [-0.25, -0.2) is 5.84 Å². The molecule has 0 fully saturated rings. The van der Waals surface area contributed by atoms with Crippen molar-refractivity contribution in [2.45, 2.75) is 6.92 Å². The standard InChI is InChI=1S/C9H12N4S/c1-7(12-13-9(14)11-10)8-5-3-2-4-6-8/h2-6H,10H2,1H3,(H2,11,13,14)/b12-7+. The van der Waals surface area contributed by atoms with Crippen molar-refractivity contribution in [1.82, 2.24) is 10.9 Å². The van der Waals surface area contributed by atoms with Gasteiger partial charge in [0.2, 0.25) is 5.11 Å². The minimum Gasteiger partial charge on any atom is -0.300 e. The highest BCUT2D eigenvalue weighted by Crippen LogP contribution is 1.99. The zero-order valence-corrected chi connectivity index (χ0v) is 8.64. The van der Waals surface area contributed by atoms with E-state index >= 15 is 0 Å². The first-order valence-electron chi connectivity index (χ1n) is 4.10. The van der Waals surface area contributed by atoms with Crippen LogP contribution in [0, 0.1) is 0 Å². The molecule has 0 aliphatic heterocycles. The van der Waals surface area contributed by atoms with Gasteiger partial charge in [0.1, 0.15) is 0 Å². The van der Waals surface area contributed by atoms with E-state index in [4.69, 9.17) is 18.1 Å². The Kier molecular flexibility index (Phi) is 4.03. The number of nitrogens with two attached hydrogens (primary N) is 1. The average molecular weight is 208 g/mol. The van der Waals surface area contributed by atoms with E-state index < -0.39 is 0 Å². The fraction of sp³-hybridized carbons (Fsp3) is 0.111. The number of nitrogens with zero attached hydrogens (tertiary/aromatic N) is 1. The predicted molar refractivity (Wildman–Crippen MR) is 61.7 cm³/mol. The van der Waals surface area contributed by atoms with Crippen LogP contribution in [-0.4, -0.2) is 10.8 Å². The molecule has 1 aromatic rings. The normalized spacial score (nSPS) is 10.9. The highest BCUT2D eigenvalue weighted by Gasteiger charge is 1.95. The molecule has 1 aromatic carbocycles. The lowest BCUT2D eigenvalue weighted by molar-refractivity contribution is 0.925. The van der Waals surface area contributed by atoms with Gasteiger partial charge >= 0.3 is 0 Å². The van der Waals surface area contributed by atoms with Gasteiger partial charge in [-0.15, -0.1) is 0 Å². The number of hydrazone groups is 1. The summed E-state index contributed by atoms with van der Waals surface area (Å²) in [5.74, 6) is 5.07. The van der Waals surface area contributed by atoms with Gasteiger partial charge in [-0.05, 0) is 24.7 Å². The summed E-state index contributed by atoms with van der Waals surface area (Å²) in [6.07, 6.45) is 0. The number of thiocarbonyl (C=S) groups is 1. The van der Waals surface area contributed by atoms with Gasteiger partial charge < -0.3 is 0 Å². The van der Waals surface area contributed by atoms with Gasteiger partial charge in [-0.3, -0.25) is 10.9 Å². The summed E-state index contributed by atoms with van der Waals surface area (Å²) in [6.45, 7) is 1.89. The molecule has 0 amide bonds. The summed E-state index contributed by atoms with van der Waals surface area (Å²) in [4.78, 5) is 0. The third kappa shape index (κ3) is 3.12. The largest absolute Gasteiger partial charge is 0.300 e. The van der Waals surface area contributed by atoms with E-state index in [9.17, 15) is 0 Å². The van der Waals surface area contributed by atoms with E-state index in [2.05, 4.69) is 16.0 Å². The van der Waals surface area contributed by atoms with Gasteiger partial charge in [0.25, 0.3) is 0 Å². The summed E-state index contributed by atoms with van der Waals surface area (Å²) >= 11 is 4.77. The van der Waals surface area contributed by atoms with Crippen LogP contribution in [0.5, 0.6) is 0 Å². The molecular weight excluding hydrogens is 196 g/mol. The van der Waals surface area contributed by atoms with Crippen LogP contribution in [0.15, 0.2) is 35.4 Å². The van der Waals surface area contributed by atoms with Crippen molar-refractivity contribution in [2.75, 3.05) is 0 Å². The molecule has 4 nitrogen and oxygen atoms in total. The van der Waals surface area contributed by atoms with Crippen LogP contribution in [0.2, 0.25) is 0 Å². The Morgan fingerprint density at radius 1 is 1.36 bits per heavy atom. The fourth-order valence-corrected chi connectivity index (χ4v) is 0.956. The van der Waals surface area contributed by atoms with E-state index in [0.29, 0.717) is 5.11 Å². The number of hydrogen-bond acceptors (Lipinski definition) is 3. The second-order valence-corrected chi connectivity index (χ2v) is 3.06. The number of hydrogen-bond donors (Lipinski definition) is 3. The molecule has 14 heavy (non-hydrogen) atoms. The molecule has 0 aliphatic rings. The zero-order chi connectivity index (χ0) is 10.4. The second kappa shape index (κ2) is 5.31. The van der Waals surface area contributed by atoms with Gasteiger partial charge in [-0.1, -0.05) is 30.3 Å². The number of nitrogens with one attached hydrogen (secondary N) is 2. The topological polar surface area (TPSA) is 62.4 Å². The zero-order valence-electron chi connectivity index (χ0n) is 7.82. The molecule has 0 aromatic heterocycles. The van der Waals surface area contributed by atoms with Crippen molar-refractivity contribution >= 4 is 23.0 Å². The molecule has 0 saturated carbocycles. The van der Waals surface area contributed by atoms with E-state index in [0.717, 1.165) is 11.3 Å². The molecular formula is C9H12N4S. The lowest BCUT2D eigenvalue weighted by atomic mass is 10.1. The Labute approximate surface area is 88.2 Å². The van der Waals surface area contributed by atoms with Crippen LogP contribution in [0.25, 0.3) is 0 Å². The maximum atomic E-state index is 5.07. The molecule has 0 aliphatic carbocycles. The molecule has 4 N–H and O–H groups in total. The lowest BCUT2D eigenvalue weighted by Gasteiger charge is -2.03. The maximum absolute atomic E-state index is 5.07. The fourth-order valence-electron chi connectivity index (χ4n) is 0.911. The van der Waals surface area contributed by atoms with Crippen LogP contribution >= 0.6 is 12.2 Å². The average Bonchev–Trinajstić information content (AvgIpc) is 2.26. The Morgan fingerprint density at radius 3 is 2.57 bits per heavy atom. The minimum atomic E-state index is 0.292. The SMILES string of the molecule is C/C(=N\NC(=S)NN)c1ccccc1. The number of hydrazine groups is 1. The summed E-state index contributed by atoms with van der Waals surface area (Å²) in [5.41, 5.74) is 6.79. The predicted octanol–water partition coefficient (Wildman–Crippen LogP) is 0.748. The first-order chi connectivity index (χ1) is 6.74. The molecule has 1 rings (SSSR count). The molecule has 0 spiro atoms. The van der Waals surface area contributed by atoms with E-state index in [-0.39, 0.29) is 0 Å². The summed E-state index contributed by atoms with van der Waals surface area (Å²) < 4.78 is 0. The number of rotatable bonds is 2. The van der Waals surface area contributed by atoms with Gasteiger partial charge in [0, 0.05) is 0 Å². The third-order valence-corrected chi connectivity index (χ3v) is 1.86. The van der Waals surface area contributed by atoms with Crippen molar-refractivity contribution in [3.8, 4) is 0 Å². The maximum Gasteiger partial charge on any atom is 0.201 e. The van der Waals surface area contributed by atoms with Crippen molar-refractivity contribution in [3.63, 3.8) is 0 Å². The van der Waals surface area contributed by atoms with Crippen LogP contribution in [0.1, 0.15) is 12.5 Å². The molecule has 0 atom stereocenters. The monoisotopic (exact) mass is 208 g/mol. The quantitative estimate of drug-likeness (QED) is 0.290. The molecule has 0 bridgehead atoms. The molecule has 0 heterocycles. The molecule has 0 radical (unpaired) electrons. The van der Waals surface area contributed by atoms with Crippen molar-refractivity contribution < 1.29 is 0 Å². The first kappa shape index (κ1) is 10.6. The highest BCUT2D eigenvalue weighted by atomic mass is 32.1. The van der Waals surface area contributed by atoms with Crippen molar-refractivity contribution in [3.05, 3.63) is 35.9 Å². The van der Waals surface area contributed by atoms with Gasteiger partial charge in [0.05, 0.1) is 5.71 Å². The van der Waals surface area contributed by atoms with Crippen LogP contribution < -0.4 is 16.7 Å². The Balaban J connectivity index is 2.66. The molecule has 0 saturated heterocycles. The first-order valence-corrected chi connectivity index (χ1v) is 4.51. The van der Waals surface area contributed by atoms with Gasteiger partial charge in [-0.2, -0.15) is 5.10 Å². The van der Waals surface area contributed by atoms with E-state index in [1.165, 1.54) is 0 Å². The Bertz CT molecular complexity index is 334. The Morgan fingerprint density at radius 2 is 2.00 bits per heavy atom. The van der Waals surface area contributed by atoms with E-state index in [1.807, 2.05) is 37.3 Å². The van der Waals surface area contributed by atoms with Crippen LogP contribution in [0.3, 0.4) is 0 Å². The highest BCUT2D eigenvalue weighted by molar-refractivity contribution is 7.80. The molecule has 74 valence electrons. The van der Waals surface area contributed by atoms with Crippen molar-refractivity contribution in [1.29, 1.82) is 0 Å². The van der Waals surface area contributed by atoms with Crippen molar-refractivity contribution in [2.24, 2.45) is 10.9 Å². The molecule has 5 heteroatoms. The summed E-state index contributed by atoms with van der Waals surface area (Å²) in [6, 6.07) is 9.80. The molecule has 0 unspecified atom stereocenters. The number of benzene rings is 1. The Hall–Kier alpha value is -1.46. The second-order valence-electron chi connectivity index (χ2n) is 2.65. The van der Waals surface area contributed by atoms with E-state index in [1.54, 1.807) is 0 Å². The van der Waals surface area contributed by atoms with Crippen LogP contribution in [-0.2, 0) is 0 Å². The summed E-state index contributed by atoms with van der Waals surface area (Å²) in [7, 11) is 0. The smallest absolute Gasteiger partial charge is 0.201 e. The van der Waals surface area contributed by atoms with Crippen LogP contribution in [0.4, 0.5) is 0 Å². The lowest BCUT2D eigenvalue weighted by Crippen LogP contribution is -2.37. The van der Waals surface area contributed by atoms with Gasteiger partial charge in [0.15, 0.2) is 0 Å². The third-order valence-electron chi connectivity index (χ3n) is 1.65. The summed E-state index contributed by atoms with van der Waals surface area (Å²) in [5, 5.41) is 4.34.